The Kier molecular flexibility index (Phi) is 7.11. The van der Waals surface area contributed by atoms with E-state index >= 15 is 0 Å². The topological polar surface area (TPSA) is 30.5 Å². The molecule has 0 aliphatic carbocycles. The van der Waals surface area contributed by atoms with Gasteiger partial charge in [0, 0.05) is 32.3 Å². The van der Waals surface area contributed by atoms with Crippen LogP contribution in [0.4, 0.5) is 5.69 Å². The second-order valence-electron chi connectivity index (χ2n) is 6.35. The zero-order chi connectivity index (χ0) is 20.1. The number of hydrogen-bond donors (Lipinski definition) is 1. The van der Waals surface area contributed by atoms with Gasteiger partial charge in [-0.1, -0.05) is 69.0 Å². The Morgan fingerprint density at radius 2 is 1.75 bits per heavy atom. The second-order valence-corrected chi connectivity index (χ2v) is 8.07. The van der Waals surface area contributed by atoms with Gasteiger partial charge in [0.25, 0.3) is 0 Å². The van der Waals surface area contributed by atoms with Gasteiger partial charge in [-0.3, -0.25) is 0 Å². The molecule has 0 spiro atoms. The van der Waals surface area contributed by atoms with E-state index in [0.717, 1.165) is 21.3 Å². The first kappa shape index (κ1) is 20.8. The van der Waals surface area contributed by atoms with Gasteiger partial charge in [-0.15, -0.1) is 0 Å². The van der Waals surface area contributed by atoms with E-state index in [0.29, 0.717) is 34.7 Å². The van der Waals surface area contributed by atoms with E-state index in [2.05, 4.69) is 40.3 Å². The van der Waals surface area contributed by atoms with Crippen LogP contribution in [0.2, 0.25) is 10.0 Å². The molecule has 0 fully saturated rings. The molecular weight excluding hydrogens is 461 g/mol. The fourth-order valence-electron chi connectivity index (χ4n) is 2.87. The summed E-state index contributed by atoms with van der Waals surface area (Å²) < 4.78 is 12.6. The van der Waals surface area contributed by atoms with Crippen LogP contribution in [0.15, 0.2) is 59.1 Å². The minimum atomic E-state index is 0.449. The Labute approximate surface area is 183 Å². The molecule has 0 radical (unpaired) electrons. The van der Waals surface area contributed by atoms with Gasteiger partial charge in [0.1, 0.15) is 6.61 Å². The molecule has 3 rings (SSSR count). The number of methoxy groups -OCH3 is 1. The Morgan fingerprint density at radius 3 is 2.43 bits per heavy atom. The molecule has 0 saturated heterocycles. The van der Waals surface area contributed by atoms with Gasteiger partial charge in [0.15, 0.2) is 11.5 Å². The van der Waals surface area contributed by atoms with E-state index in [1.54, 1.807) is 13.2 Å². The van der Waals surface area contributed by atoms with Gasteiger partial charge in [0.05, 0.1) is 7.11 Å². The summed E-state index contributed by atoms with van der Waals surface area (Å²) in [5.74, 6) is 1.37. The van der Waals surface area contributed by atoms with Crippen molar-refractivity contribution < 1.29 is 9.47 Å². The van der Waals surface area contributed by atoms with Crippen LogP contribution < -0.4 is 14.8 Å². The molecule has 6 heteroatoms. The van der Waals surface area contributed by atoms with Gasteiger partial charge in [-0.05, 0) is 42.8 Å². The molecule has 0 saturated carbocycles. The lowest BCUT2D eigenvalue weighted by Crippen LogP contribution is -2.06. The number of rotatable bonds is 7. The van der Waals surface area contributed by atoms with E-state index in [1.807, 2.05) is 36.4 Å². The molecule has 0 bridgehead atoms. The number of hydrogen-bond acceptors (Lipinski definition) is 3. The number of nitrogens with one attached hydrogen (secondary N) is 1. The van der Waals surface area contributed by atoms with Gasteiger partial charge in [0.2, 0.25) is 0 Å². The Morgan fingerprint density at radius 1 is 1.00 bits per heavy atom. The Balaban J connectivity index is 1.84. The first-order chi connectivity index (χ1) is 13.5. The molecular formula is C22H20BrCl2NO2. The van der Waals surface area contributed by atoms with E-state index in [1.165, 1.54) is 5.56 Å². The second kappa shape index (κ2) is 9.55. The van der Waals surface area contributed by atoms with Crippen molar-refractivity contribution in [1.82, 2.24) is 0 Å². The summed E-state index contributed by atoms with van der Waals surface area (Å²) >= 11 is 15.8. The van der Waals surface area contributed by atoms with Crippen molar-refractivity contribution in [3.05, 3.63) is 85.8 Å². The number of benzene rings is 3. The van der Waals surface area contributed by atoms with Crippen LogP contribution in [-0.4, -0.2) is 7.11 Å². The Hall–Kier alpha value is -1.88. The van der Waals surface area contributed by atoms with Crippen LogP contribution in [0.25, 0.3) is 0 Å². The largest absolute Gasteiger partial charge is 0.493 e. The molecule has 146 valence electrons. The Bertz CT molecular complexity index is 958. The minimum absolute atomic E-state index is 0.449. The lowest BCUT2D eigenvalue weighted by Gasteiger charge is -2.18. The number of anilines is 1. The highest BCUT2D eigenvalue weighted by Gasteiger charge is 2.15. The summed E-state index contributed by atoms with van der Waals surface area (Å²) in [4.78, 5) is 0. The van der Waals surface area contributed by atoms with Crippen LogP contribution in [0.3, 0.4) is 0 Å². The maximum atomic E-state index is 6.17. The summed E-state index contributed by atoms with van der Waals surface area (Å²) in [5, 5.41) is 4.51. The molecule has 0 aliphatic rings. The third-order valence-electron chi connectivity index (χ3n) is 4.18. The van der Waals surface area contributed by atoms with E-state index in [9.17, 15) is 0 Å². The highest BCUT2D eigenvalue weighted by atomic mass is 79.9. The molecule has 0 atom stereocenters. The van der Waals surface area contributed by atoms with Crippen LogP contribution >= 0.6 is 39.1 Å². The summed E-state index contributed by atoms with van der Waals surface area (Å²) in [6.07, 6.45) is 0. The molecule has 1 N–H and O–H groups in total. The normalized spacial score (nSPS) is 10.6. The van der Waals surface area contributed by atoms with Crippen LogP contribution in [0, 0.1) is 6.92 Å². The molecule has 0 aliphatic heterocycles. The number of halogens is 3. The molecule has 3 nitrogen and oxygen atoms in total. The van der Waals surface area contributed by atoms with Crippen molar-refractivity contribution in [3.8, 4) is 11.5 Å². The maximum Gasteiger partial charge on any atom is 0.167 e. The number of aryl methyl sites for hydroxylation is 1. The lowest BCUT2D eigenvalue weighted by atomic mass is 10.1. The van der Waals surface area contributed by atoms with Crippen molar-refractivity contribution >= 4 is 44.8 Å². The zero-order valence-corrected chi connectivity index (χ0v) is 18.7. The third kappa shape index (κ3) is 5.34. The average molecular weight is 481 g/mol. The first-order valence-corrected chi connectivity index (χ1v) is 10.2. The smallest absolute Gasteiger partial charge is 0.167 e. The van der Waals surface area contributed by atoms with Crippen molar-refractivity contribution in [2.24, 2.45) is 0 Å². The van der Waals surface area contributed by atoms with Crippen molar-refractivity contribution in [3.63, 3.8) is 0 Å². The number of ether oxygens (including phenoxy) is 2. The third-order valence-corrected chi connectivity index (χ3v) is 5.36. The lowest BCUT2D eigenvalue weighted by molar-refractivity contribution is 0.281. The monoisotopic (exact) mass is 479 g/mol. The summed E-state index contributed by atoms with van der Waals surface area (Å²) in [7, 11) is 1.64. The molecule has 28 heavy (non-hydrogen) atoms. The molecule has 0 aromatic heterocycles. The zero-order valence-electron chi connectivity index (χ0n) is 15.6. The van der Waals surface area contributed by atoms with Crippen LogP contribution in [0.1, 0.15) is 16.7 Å². The molecule has 3 aromatic rings. The van der Waals surface area contributed by atoms with Gasteiger partial charge in [-0.25, -0.2) is 0 Å². The van der Waals surface area contributed by atoms with Crippen LogP contribution in [-0.2, 0) is 13.2 Å². The highest BCUT2D eigenvalue weighted by molar-refractivity contribution is 9.10. The quantitative estimate of drug-likeness (QED) is 0.385. The van der Waals surface area contributed by atoms with Crippen molar-refractivity contribution in [1.29, 1.82) is 0 Å². The molecule has 3 aromatic carbocycles. The predicted molar refractivity (Wildman–Crippen MR) is 120 cm³/mol. The van der Waals surface area contributed by atoms with Crippen LogP contribution in [0.5, 0.6) is 11.5 Å². The fraction of sp³-hybridized carbons (Fsp3) is 0.182. The molecule has 0 unspecified atom stereocenters. The molecule has 0 amide bonds. The SMILES string of the molecule is COc1ccc(Br)c(CNc2cc(Cl)cc(Cl)c2)c1OCc1cccc(C)c1. The van der Waals surface area contributed by atoms with E-state index in [-0.39, 0.29) is 0 Å². The van der Waals surface area contributed by atoms with E-state index in [4.69, 9.17) is 32.7 Å². The standard InChI is InChI=1S/C22H20BrCl2NO2/c1-14-4-3-5-15(8-14)13-28-22-19(20(23)6-7-21(22)27-2)12-26-18-10-16(24)9-17(25)11-18/h3-11,26H,12-13H2,1-2H3. The first-order valence-electron chi connectivity index (χ1n) is 8.70. The predicted octanol–water partition coefficient (Wildman–Crippen LogP) is 7.26. The summed E-state index contributed by atoms with van der Waals surface area (Å²) in [5.41, 5.74) is 4.07. The van der Waals surface area contributed by atoms with Crippen molar-refractivity contribution in [2.45, 2.75) is 20.1 Å². The minimum Gasteiger partial charge on any atom is -0.493 e. The van der Waals surface area contributed by atoms with Gasteiger partial charge < -0.3 is 14.8 Å². The summed E-state index contributed by atoms with van der Waals surface area (Å²) in [6.45, 7) is 3.02. The summed E-state index contributed by atoms with van der Waals surface area (Å²) in [6, 6.07) is 17.4. The van der Waals surface area contributed by atoms with E-state index < -0.39 is 0 Å². The van der Waals surface area contributed by atoms with Gasteiger partial charge >= 0.3 is 0 Å². The molecule has 0 heterocycles. The van der Waals surface area contributed by atoms with Crippen molar-refractivity contribution in [2.75, 3.05) is 12.4 Å². The maximum absolute atomic E-state index is 6.17. The highest BCUT2D eigenvalue weighted by Crippen LogP contribution is 2.37. The average Bonchev–Trinajstić information content (AvgIpc) is 2.65. The van der Waals surface area contributed by atoms with Gasteiger partial charge in [-0.2, -0.15) is 0 Å². The fourth-order valence-corrected chi connectivity index (χ4v) is 3.85.